The lowest BCUT2D eigenvalue weighted by atomic mass is 9.75. The van der Waals surface area contributed by atoms with Crippen LogP contribution in [0.25, 0.3) is 0 Å². The van der Waals surface area contributed by atoms with Crippen molar-refractivity contribution < 1.29 is 36.2 Å². The van der Waals surface area contributed by atoms with E-state index in [1.807, 2.05) is 0 Å². The predicted molar refractivity (Wildman–Crippen MR) is 124 cm³/mol. The Hall–Kier alpha value is -3.42. The number of halogens is 5. The Labute approximate surface area is 205 Å². The van der Waals surface area contributed by atoms with E-state index in [0.717, 1.165) is 18.2 Å². The average molecular weight is 504 g/mol. The molecule has 0 aromatic heterocycles. The Bertz CT molecular complexity index is 1280. The molecule has 0 unspecified atom stereocenters. The first kappa shape index (κ1) is 25.7. The van der Waals surface area contributed by atoms with Crippen LogP contribution < -0.4 is 9.47 Å². The highest BCUT2D eigenvalue weighted by molar-refractivity contribution is 5.91. The van der Waals surface area contributed by atoms with Crippen molar-refractivity contribution in [2.24, 2.45) is 0 Å². The highest BCUT2D eigenvalue weighted by Crippen LogP contribution is 2.42. The standard InChI is InChI=1S/C28H25F5O3/c1-3-35-22-12-13-23(27(33)26(22)32)36-28(34)18-9-11-19(21(29)14-18)16-5-7-17(8-6-16)20-10-4-15(2)24(30)25(20)31/h4,9-14,16-17H,3,5-8H2,1-2H3. The van der Waals surface area contributed by atoms with Gasteiger partial charge < -0.3 is 9.47 Å². The van der Waals surface area contributed by atoms with E-state index in [1.165, 1.54) is 19.1 Å². The van der Waals surface area contributed by atoms with Crippen molar-refractivity contribution in [1.29, 1.82) is 0 Å². The molecule has 3 aromatic carbocycles. The van der Waals surface area contributed by atoms with Crippen LogP contribution in [0.4, 0.5) is 22.0 Å². The molecule has 0 bridgehead atoms. The lowest BCUT2D eigenvalue weighted by Crippen LogP contribution is -2.16. The summed E-state index contributed by atoms with van der Waals surface area (Å²) in [4.78, 5) is 12.4. The van der Waals surface area contributed by atoms with Crippen LogP contribution in [0.5, 0.6) is 11.5 Å². The first-order valence-electron chi connectivity index (χ1n) is 11.8. The minimum Gasteiger partial charge on any atom is -0.491 e. The SMILES string of the molecule is CCOc1ccc(OC(=O)c2ccc(C3CCC(c4ccc(C)c(F)c4F)CC3)c(F)c2)c(F)c1F. The smallest absolute Gasteiger partial charge is 0.343 e. The third-order valence-electron chi connectivity index (χ3n) is 6.66. The van der Waals surface area contributed by atoms with Crippen LogP contribution in [0.15, 0.2) is 42.5 Å². The van der Waals surface area contributed by atoms with E-state index in [4.69, 9.17) is 9.47 Å². The highest BCUT2D eigenvalue weighted by atomic mass is 19.2. The maximum absolute atomic E-state index is 14.9. The second-order valence-electron chi connectivity index (χ2n) is 8.90. The van der Waals surface area contributed by atoms with Crippen LogP contribution in [-0.4, -0.2) is 12.6 Å². The minimum absolute atomic E-state index is 0.129. The predicted octanol–water partition coefficient (Wildman–Crippen LogP) is 7.75. The molecule has 8 heteroatoms. The fraction of sp³-hybridized carbons (Fsp3) is 0.321. The van der Waals surface area contributed by atoms with Gasteiger partial charge in [-0.15, -0.1) is 0 Å². The number of hydrogen-bond acceptors (Lipinski definition) is 3. The van der Waals surface area contributed by atoms with E-state index in [-0.39, 0.29) is 35.3 Å². The van der Waals surface area contributed by atoms with Gasteiger partial charge in [0.1, 0.15) is 5.82 Å². The number of benzene rings is 3. The van der Waals surface area contributed by atoms with Crippen LogP contribution in [0.3, 0.4) is 0 Å². The number of rotatable bonds is 6. The fourth-order valence-corrected chi connectivity index (χ4v) is 4.70. The summed E-state index contributed by atoms with van der Waals surface area (Å²) in [6.07, 6.45) is 2.26. The van der Waals surface area contributed by atoms with Gasteiger partial charge in [0.05, 0.1) is 12.2 Å². The Balaban J connectivity index is 1.43. The van der Waals surface area contributed by atoms with E-state index >= 15 is 0 Å². The normalized spacial score (nSPS) is 17.6. The maximum atomic E-state index is 14.9. The molecule has 0 aliphatic heterocycles. The minimum atomic E-state index is -1.38. The Morgan fingerprint density at radius 2 is 1.36 bits per heavy atom. The molecule has 1 aliphatic carbocycles. The number of esters is 1. The molecule has 0 heterocycles. The third-order valence-corrected chi connectivity index (χ3v) is 6.66. The summed E-state index contributed by atoms with van der Waals surface area (Å²) in [6, 6.07) is 9.21. The second kappa shape index (κ2) is 10.7. The molecule has 36 heavy (non-hydrogen) atoms. The summed E-state index contributed by atoms with van der Waals surface area (Å²) in [7, 11) is 0. The van der Waals surface area contributed by atoms with Crippen molar-refractivity contribution in [3.05, 3.63) is 93.8 Å². The summed E-state index contributed by atoms with van der Waals surface area (Å²) >= 11 is 0. The topological polar surface area (TPSA) is 35.5 Å². The fourth-order valence-electron chi connectivity index (χ4n) is 4.70. The zero-order valence-electron chi connectivity index (χ0n) is 19.8. The molecule has 1 fully saturated rings. The van der Waals surface area contributed by atoms with Crippen LogP contribution >= 0.6 is 0 Å². The maximum Gasteiger partial charge on any atom is 0.343 e. The molecular formula is C28H25F5O3. The summed E-state index contributed by atoms with van der Waals surface area (Å²) in [5.74, 6) is -7.24. The summed E-state index contributed by atoms with van der Waals surface area (Å²) in [5, 5.41) is 0. The van der Waals surface area contributed by atoms with Gasteiger partial charge >= 0.3 is 5.97 Å². The molecule has 0 spiro atoms. The number of hydrogen-bond donors (Lipinski definition) is 0. The lowest BCUT2D eigenvalue weighted by molar-refractivity contribution is 0.0725. The van der Waals surface area contributed by atoms with E-state index < -0.39 is 40.8 Å². The van der Waals surface area contributed by atoms with Gasteiger partial charge in [0.25, 0.3) is 0 Å². The monoisotopic (exact) mass is 504 g/mol. The lowest BCUT2D eigenvalue weighted by Gasteiger charge is -2.29. The van der Waals surface area contributed by atoms with E-state index in [1.54, 1.807) is 19.1 Å². The van der Waals surface area contributed by atoms with Gasteiger partial charge in [-0.2, -0.15) is 8.78 Å². The number of carbonyl (C=O) groups excluding carboxylic acids is 1. The molecule has 1 aliphatic rings. The van der Waals surface area contributed by atoms with Gasteiger partial charge in [-0.1, -0.05) is 18.2 Å². The van der Waals surface area contributed by atoms with Crippen LogP contribution in [0.2, 0.25) is 0 Å². The van der Waals surface area contributed by atoms with Crippen LogP contribution in [-0.2, 0) is 0 Å². The van der Waals surface area contributed by atoms with Crippen molar-refractivity contribution in [3.63, 3.8) is 0 Å². The van der Waals surface area contributed by atoms with Gasteiger partial charge in [0.2, 0.25) is 11.6 Å². The van der Waals surface area contributed by atoms with Crippen molar-refractivity contribution in [3.8, 4) is 11.5 Å². The Kier molecular flexibility index (Phi) is 7.62. The van der Waals surface area contributed by atoms with Crippen molar-refractivity contribution in [2.75, 3.05) is 6.61 Å². The molecule has 3 aromatic rings. The molecule has 0 atom stereocenters. The van der Waals surface area contributed by atoms with Crippen LogP contribution in [0, 0.1) is 36.0 Å². The molecule has 0 saturated heterocycles. The van der Waals surface area contributed by atoms with Crippen molar-refractivity contribution in [2.45, 2.75) is 51.4 Å². The van der Waals surface area contributed by atoms with E-state index in [9.17, 15) is 26.7 Å². The molecule has 3 nitrogen and oxygen atoms in total. The molecule has 0 radical (unpaired) electrons. The molecule has 190 valence electrons. The molecule has 4 rings (SSSR count). The van der Waals surface area contributed by atoms with Crippen LogP contribution in [0.1, 0.15) is 71.5 Å². The largest absolute Gasteiger partial charge is 0.491 e. The number of ether oxygens (including phenoxy) is 2. The molecule has 1 saturated carbocycles. The Morgan fingerprint density at radius 3 is 2.00 bits per heavy atom. The average Bonchev–Trinajstić information content (AvgIpc) is 2.87. The zero-order chi connectivity index (χ0) is 26.0. The Morgan fingerprint density at radius 1 is 0.778 bits per heavy atom. The van der Waals surface area contributed by atoms with Crippen molar-refractivity contribution >= 4 is 5.97 Å². The van der Waals surface area contributed by atoms with Crippen molar-refractivity contribution in [1.82, 2.24) is 0 Å². The van der Waals surface area contributed by atoms with Gasteiger partial charge in [-0.25, -0.2) is 18.0 Å². The zero-order valence-corrected chi connectivity index (χ0v) is 19.8. The first-order chi connectivity index (χ1) is 17.2. The number of carbonyl (C=O) groups is 1. The summed E-state index contributed by atoms with van der Waals surface area (Å²) in [5.41, 5.74) is 0.837. The second-order valence-corrected chi connectivity index (χ2v) is 8.90. The van der Waals surface area contributed by atoms with Gasteiger partial charge in [0.15, 0.2) is 23.1 Å². The van der Waals surface area contributed by atoms with Gasteiger partial charge in [0, 0.05) is 0 Å². The molecule has 0 amide bonds. The van der Waals surface area contributed by atoms with E-state index in [0.29, 0.717) is 36.8 Å². The van der Waals surface area contributed by atoms with E-state index in [2.05, 4.69) is 0 Å². The quantitative estimate of drug-likeness (QED) is 0.196. The first-order valence-corrected chi connectivity index (χ1v) is 11.8. The highest BCUT2D eigenvalue weighted by Gasteiger charge is 2.28. The number of aryl methyl sites for hydroxylation is 1. The third kappa shape index (κ3) is 5.08. The molecule has 0 N–H and O–H groups in total. The summed E-state index contributed by atoms with van der Waals surface area (Å²) < 4.78 is 81.4. The van der Waals surface area contributed by atoms with Gasteiger partial charge in [-0.05, 0) is 92.3 Å². The van der Waals surface area contributed by atoms with Gasteiger partial charge in [-0.3, -0.25) is 0 Å². The molecular weight excluding hydrogens is 479 g/mol. The summed E-state index contributed by atoms with van der Waals surface area (Å²) in [6.45, 7) is 3.25.